The molecule has 2 aliphatic carbocycles. The van der Waals surface area contributed by atoms with Crippen molar-refractivity contribution in [2.45, 2.75) is 37.4 Å². The van der Waals surface area contributed by atoms with Crippen LogP contribution >= 0.6 is 0 Å². The number of rotatable bonds is 1. The second-order valence-electron chi connectivity index (χ2n) is 4.29. The molecule has 68 valence electrons. The van der Waals surface area contributed by atoms with Crippen LogP contribution in [0.3, 0.4) is 0 Å². The molecule has 2 saturated carbocycles. The molecule has 0 aromatic heterocycles. The molecule has 2 aliphatic rings. The van der Waals surface area contributed by atoms with E-state index in [1.165, 1.54) is 0 Å². The van der Waals surface area contributed by atoms with Crippen LogP contribution in [0.15, 0.2) is 0 Å². The molecule has 0 atom stereocenters. The number of carboxylic acids is 1. The van der Waals surface area contributed by atoms with Crippen molar-refractivity contribution in [2.24, 2.45) is 11.1 Å². The van der Waals surface area contributed by atoms with Gasteiger partial charge in [0.05, 0.1) is 0 Å². The zero-order chi connectivity index (χ0) is 8.98. The van der Waals surface area contributed by atoms with Gasteiger partial charge in [0.15, 0.2) is 0 Å². The Labute approximate surface area is 69.7 Å². The third kappa shape index (κ3) is 0.874. The largest absolute Gasteiger partial charge is 0.479 e. The molecule has 3 N–H and O–H groups in total. The molecule has 0 heterocycles. The number of alkyl halides is 1. The van der Waals surface area contributed by atoms with E-state index < -0.39 is 11.6 Å². The van der Waals surface area contributed by atoms with Crippen molar-refractivity contribution in [3.8, 4) is 0 Å². The van der Waals surface area contributed by atoms with Crippen molar-refractivity contribution in [1.82, 2.24) is 0 Å². The van der Waals surface area contributed by atoms with E-state index in [2.05, 4.69) is 0 Å². The Morgan fingerprint density at radius 3 is 2.33 bits per heavy atom. The molecule has 0 amide bonds. The number of hydrogen-bond donors (Lipinski definition) is 2. The Kier molecular flexibility index (Phi) is 1.32. The lowest BCUT2D eigenvalue weighted by Gasteiger charge is -2.57. The number of carbonyl (C=O) groups is 1. The first-order chi connectivity index (χ1) is 5.46. The summed E-state index contributed by atoms with van der Waals surface area (Å²) >= 11 is 0. The Bertz CT molecular complexity index is 227. The van der Waals surface area contributed by atoms with Crippen LogP contribution in [-0.4, -0.2) is 22.8 Å². The van der Waals surface area contributed by atoms with Gasteiger partial charge in [-0.15, -0.1) is 0 Å². The maximum absolute atomic E-state index is 13.2. The van der Waals surface area contributed by atoms with Crippen molar-refractivity contribution in [3.63, 3.8) is 0 Å². The number of hydrogen-bond acceptors (Lipinski definition) is 2. The Morgan fingerprint density at radius 1 is 1.50 bits per heavy atom. The van der Waals surface area contributed by atoms with Crippen LogP contribution in [0.1, 0.15) is 25.7 Å². The van der Waals surface area contributed by atoms with Crippen LogP contribution < -0.4 is 5.73 Å². The fourth-order valence-corrected chi connectivity index (χ4v) is 2.63. The highest BCUT2D eigenvalue weighted by molar-refractivity contribution is 5.79. The standard InChI is InChI=1S/C8H12FNO2/c9-8(6(11)12)3-7(4-8)1-5(10)2-7/h5H,1-4,10H2,(H,11,12). The quantitative estimate of drug-likeness (QED) is 0.613. The van der Waals surface area contributed by atoms with E-state index in [4.69, 9.17) is 10.8 Å². The number of halogens is 1. The average Bonchev–Trinajstić information content (AvgIpc) is 1.80. The molecule has 0 aromatic rings. The van der Waals surface area contributed by atoms with Crippen LogP contribution in [-0.2, 0) is 4.79 Å². The zero-order valence-electron chi connectivity index (χ0n) is 6.72. The summed E-state index contributed by atoms with van der Waals surface area (Å²) in [6.45, 7) is 0. The Hall–Kier alpha value is -0.640. The Morgan fingerprint density at radius 2 is 2.00 bits per heavy atom. The minimum atomic E-state index is -1.94. The van der Waals surface area contributed by atoms with Gasteiger partial charge in [-0.2, -0.15) is 0 Å². The van der Waals surface area contributed by atoms with Gasteiger partial charge >= 0.3 is 5.97 Å². The van der Waals surface area contributed by atoms with E-state index in [0.717, 1.165) is 12.8 Å². The Balaban J connectivity index is 1.95. The summed E-state index contributed by atoms with van der Waals surface area (Å²) in [4.78, 5) is 10.4. The second kappa shape index (κ2) is 1.99. The predicted octanol–water partition coefficient (Wildman–Crippen LogP) is 0.681. The van der Waals surface area contributed by atoms with Crippen molar-refractivity contribution >= 4 is 5.97 Å². The van der Waals surface area contributed by atoms with Gasteiger partial charge < -0.3 is 10.8 Å². The van der Waals surface area contributed by atoms with Gasteiger partial charge in [0, 0.05) is 6.04 Å². The number of aliphatic carboxylic acids is 1. The molecule has 1 spiro atoms. The lowest BCUT2D eigenvalue weighted by molar-refractivity contribution is -0.180. The molecular weight excluding hydrogens is 161 g/mol. The summed E-state index contributed by atoms with van der Waals surface area (Å²) in [6, 6.07) is 0.170. The summed E-state index contributed by atoms with van der Waals surface area (Å²) in [7, 11) is 0. The minimum absolute atomic E-state index is 0.0491. The fourth-order valence-electron chi connectivity index (χ4n) is 2.63. The predicted molar refractivity (Wildman–Crippen MR) is 40.4 cm³/mol. The van der Waals surface area contributed by atoms with Gasteiger partial charge in [-0.05, 0) is 31.1 Å². The van der Waals surface area contributed by atoms with Gasteiger partial charge in [0.2, 0.25) is 5.67 Å². The molecule has 3 nitrogen and oxygen atoms in total. The molecule has 0 saturated heterocycles. The normalized spacial score (nSPS) is 51.3. The molecule has 12 heavy (non-hydrogen) atoms. The summed E-state index contributed by atoms with van der Waals surface area (Å²) in [6.07, 6.45) is 1.93. The van der Waals surface area contributed by atoms with Gasteiger partial charge in [-0.1, -0.05) is 0 Å². The molecule has 0 radical (unpaired) electrons. The van der Waals surface area contributed by atoms with Crippen LogP contribution in [0.25, 0.3) is 0 Å². The molecular formula is C8H12FNO2. The molecule has 0 aromatic carbocycles. The zero-order valence-corrected chi connectivity index (χ0v) is 6.72. The van der Waals surface area contributed by atoms with Gasteiger partial charge in [0.25, 0.3) is 0 Å². The highest BCUT2D eigenvalue weighted by Gasteiger charge is 2.63. The van der Waals surface area contributed by atoms with Crippen LogP contribution in [0.5, 0.6) is 0 Å². The highest BCUT2D eigenvalue weighted by Crippen LogP contribution is 2.61. The van der Waals surface area contributed by atoms with E-state index in [1.807, 2.05) is 0 Å². The molecule has 0 bridgehead atoms. The summed E-state index contributed by atoms with van der Waals surface area (Å²) in [5, 5.41) is 8.50. The first kappa shape index (κ1) is 7.98. The maximum atomic E-state index is 13.2. The van der Waals surface area contributed by atoms with Crippen molar-refractivity contribution in [1.29, 1.82) is 0 Å². The third-order valence-corrected chi connectivity index (χ3v) is 3.08. The van der Waals surface area contributed by atoms with Crippen LogP contribution in [0.2, 0.25) is 0 Å². The molecule has 0 aliphatic heterocycles. The fraction of sp³-hybridized carbons (Fsp3) is 0.875. The second-order valence-corrected chi connectivity index (χ2v) is 4.29. The minimum Gasteiger partial charge on any atom is -0.479 e. The third-order valence-electron chi connectivity index (χ3n) is 3.08. The summed E-state index contributed by atoms with van der Waals surface area (Å²) in [5.74, 6) is -1.31. The first-order valence-corrected chi connectivity index (χ1v) is 4.14. The first-order valence-electron chi connectivity index (χ1n) is 4.14. The topological polar surface area (TPSA) is 63.3 Å². The number of nitrogens with two attached hydrogens (primary N) is 1. The average molecular weight is 173 g/mol. The lowest BCUT2D eigenvalue weighted by Crippen LogP contribution is -2.62. The van der Waals surface area contributed by atoms with Gasteiger partial charge in [-0.25, -0.2) is 9.18 Å². The van der Waals surface area contributed by atoms with Crippen molar-refractivity contribution < 1.29 is 14.3 Å². The SMILES string of the molecule is NC1CC2(C1)CC(F)(C(=O)O)C2. The molecule has 2 rings (SSSR count). The van der Waals surface area contributed by atoms with E-state index in [-0.39, 0.29) is 24.3 Å². The monoisotopic (exact) mass is 173 g/mol. The van der Waals surface area contributed by atoms with Gasteiger partial charge in [0.1, 0.15) is 0 Å². The van der Waals surface area contributed by atoms with Crippen molar-refractivity contribution in [2.75, 3.05) is 0 Å². The highest BCUT2D eigenvalue weighted by atomic mass is 19.1. The van der Waals surface area contributed by atoms with Crippen molar-refractivity contribution in [3.05, 3.63) is 0 Å². The molecule has 0 unspecified atom stereocenters. The smallest absolute Gasteiger partial charge is 0.341 e. The van der Waals surface area contributed by atoms with E-state index >= 15 is 0 Å². The summed E-state index contributed by atoms with van der Waals surface area (Å²) in [5.41, 5.74) is 3.56. The van der Waals surface area contributed by atoms with E-state index in [1.54, 1.807) is 0 Å². The molecule has 4 heteroatoms. The van der Waals surface area contributed by atoms with Crippen LogP contribution in [0, 0.1) is 5.41 Å². The van der Waals surface area contributed by atoms with Crippen LogP contribution in [0.4, 0.5) is 4.39 Å². The summed E-state index contributed by atoms with van der Waals surface area (Å²) < 4.78 is 13.2. The molecule has 2 fully saturated rings. The lowest BCUT2D eigenvalue weighted by atomic mass is 9.49. The van der Waals surface area contributed by atoms with E-state index in [9.17, 15) is 9.18 Å². The maximum Gasteiger partial charge on any atom is 0.341 e. The van der Waals surface area contributed by atoms with Gasteiger partial charge in [-0.3, -0.25) is 0 Å². The van der Waals surface area contributed by atoms with E-state index in [0.29, 0.717) is 0 Å². The number of carboxylic acid groups (broad SMARTS) is 1.